The van der Waals surface area contributed by atoms with E-state index >= 15 is 0 Å². The maximum Gasteiger partial charge on any atom is 0.0122 e. The fourth-order valence-electron chi connectivity index (χ4n) is 2.17. The molecule has 112 valence electrons. The van der Waals surface area contributed by atoms with E-state index in [0.717, 1.165) is 0 Å². The van der Waals surface area contributed by atoms with Crippen LogP contribution in [-0.2, 0) is 0 Å². The Bertz CT molecular complexity index is 769. The standard InChI is InChI=1S/C22H18S/c1-3-9-19(10-4-1)11-7-8-12-20-15-17-22(18-16-20)23-21-13-5-2-6-14-21/h1-18H/b11-7+,12-8+. The van der Waals surface area contributed by atoms with Crippen LogP contribution in [0.25, 0.3) is 12.2 Å². The van der Waals surface area contributed by atoms with Gasteiger partial charge >= 0.3 is 0 Å². The van der Waals surface area contributed by atoms with Gasteiger partial charge in [0.25, 0.3) is 0 Å². The number of hydrogen-bond donors (Lipinski definition) is 0. The maximum atomic E-state index is 2.16. The second-order valence-corrected chi connectivity index (χ2v) is 6.26. The summed E-state index contributed by atoms with van der Waals surface area (Å²) in [7, 11) is 0. The van der Waals surface area contributed by atoms with Crippen molar-refractivity contribution in [2.45, 2.75) is 9.79 Å². The van der Waals surface area contributed by atoms with E-state index in [-0.39, 0.29) is 0 Å². The molecule has 0 aliphatic heterocycles. The highest BCUT2D eigenvalue weighted by atomic mass is 32.2. The fourth-order valence-corrected chi connectivity index (χ4v) is 3.01. The SMILES string of the molecule is C(/C=C/c1ccc(Sc2ccccc2)cc1)=C\c1ccccc1. The Labute approximate surface area is 142 Å². The molecule has 0 atom stereocenters. The van der Waals surface area contributed by atoms with Gasteiger partial charge in [0.2, 0.25) is 0 Å². The molecule has 3 rings (SSSR count). The van der Waals surface area contributed by atoms with Gasteiger partial charge in [-0.25, -0.2) is 0 Å². The van der Waals surface area contributed by atoms with E-state index in [1.165, 1.54) is 20.9 Å². The number of benzene rings is 3. The molecule has 0 saturated carbocycles. The van der Waals surface area contributed by atoms with Gasteiger partial charge < -0.3 is 0 Å². The van der Waals surface area contributed by atoms with Crippen molar-refractivity contribution in [1.82, 2.24) is 0 Å². The molecule has 0 heterocycles. The van der Waals surface area contributed by atoms with Crippen LogP contribution in [0.3, 0.4) is 0 Å². The Hall–Kier alpha value is -2.51. The Kier molecular flexibility index (Phi) is 5.49. The lowest BCUT2D eigenvalue weighted by atomic mass is 10.2. The predicted molar refractivity (Wildman–Crippen MR) is 102 cm³/mol. The topological polar surface area (TPSA) is 0 Å². The molecule has 0 N–H and O–H groups in total. The number of allylic oxidation sites excluding steroid dienone is 2. The molecule has 0 aliphatic rings. The molecule has 0 aliphatic carbocycles. The molecule has 0 saturated heterocycles. The molecule has 0 radical (unpaired) electrons. The predicted octanol–water partition coefficient (Wildman–Crippen LogP) is 6.56. The van der Waals surface area contributed by atoms with Crippen LogP contribution in [0.15, 0.2) is 107 Å². The molecule has 0 nitrogen and oxygen atoms in total. The van der Waals surface area contributed by atoms with E-state index in [9.17, 15) is 0 Å². The lowest BCUT2D eigenvalue weighted by Gasteiger charge is -2.01. The van der Waals surface area contributed by atoms with Crippen molar-refractivity contribution in [1.29, 1.82) is 0 Å². The normalized spacial score (nSPS) is 11.3. The quantitative estimate of drug-likeness (QED) is 0.480. The van der Waals surface area contributed by atoms with Crippen LogP contribution < -0.4 is 0 Å². The third-order valence-corrected chi connectivity index (χ3v) is 4.36. The second kappa shape index (κ2) is 8.21. The van der Waals surface area contributed by atoms with Gasteiger partial charge in [0.15, 0.2) is 0 Å². The van der Waals surface area contributed by atoms with Gasteiger partial charge in [-0.1, -0.05) is 96.7 Å². The van der Waals surface area contributed by atoms with Crippen LogP contribution in [-0.4, -0.2) is 0 Å². The fraction of sp³-hybridized carbons (Fsp3) is 0. The Morgan fingerprint density at radius 3 is 1.57 bits per heavy atom. The van der Waals surface area contributed by atoms with Gasteiger partial charge in [-0.2, -0.15) is 0 Å². The van der Waals surface area contributed by atoms with E-state index in [1.807, 2.05) is 24.3 Å². The Morgan fingerprint density at radius 1 is 0.478 bits per heavy atom. The summed E-state index contributed by atoms with van der Waals surface area (Å²) in [5, 5.41) is 0. The average molecular weight is 314 g/mol. The van der Waals surface area contributed by atoms with E-state index in [0.29, 0.717) is 0 Å². The van der Waals surface area contributed by atoms with Crippen LogP contribution in [0.4, 0.5) is 0 Å². The van der Waals surface area contributed by atoms with E-state index in [4.69, 9.17) is 0 Å². The van der Waals surface area contributed by atoms with Gasteiger partial charge in [-0.3, -0.25) is 0 Å². The molecular formula is C22H18S. The first kappa shape index (κ1) is 15.4. The Morgan fingerprint density at radius 2 is 0.957 bits per heavy atom. The summed E-state index contributed by atoms with van der Waals surface area (Å²) in [5.41, 5.74) is 2.42. The average Bonchev–Trinajstić information content (AvgIpc) is 2.62. The summed E-state index contributed by atoms with van der Waals surface area (Å²) in [5.74, 6) is 0. The largest absolute Gasteiger partial charge is 0.0901 e. The Balaban J connectivity index is 1.59. The monoisotopic (exact) mass is 314 g/mol. The number of rotatable bonds is 5. The summed E-state index contributed by atoms with van der Waals surface area (Å²) >= 11 is 1.78. The van der Waals surface area contributed by atoms with Gasteiger partial charge in [0.1, 0.15) is 0 Å². The molecule has 0 unspecified atom stereocenters. The third-order valence-electron chi connectivity index (χ3n) is 3.35. The molecule has 0 bridgehead atoms. The van der Waals surface area contributed by atoms with Gasteiger partial charge in [-0.05, 0) is 35.4 Å². The van der Waals surface area contributed by atoms with E-state index < -0.39 is 0 Å². The van der Waals surface area contributed by atoms with Gasteiger partial charge in [-0.15, -0.1) is 0 Å². The molecule has 1 heteroatoms. The van der Waals surface area contributed by atoms with Crippen LogP contribution in [0.5, 0.6) is 0 Å². The van der Waals surface area contributed by atoms with Crippen molar-refractivity contribution < 1.29 is 0 Å². The zero-order valence-corrected chi connectivity index (χ0v) is 13.6. The third kappa shape index (κ3) is 5.01. The zero-order valence-electron chi connectivity index (χ0n) is 12.8. The minimum Gasteiger partial charge on any atom is -0.0901 e. The first-order chi connectivity index (χ1) is 11.4. The molecule has 0 aromatic heterocycles. The highest BCUT2D eigenvalue weighted by molar-refractivity contribution is 7.99. The highest BCUT2D eigenvalue weighted by Crippen LogP contribution is 2.27. The van der Waals surface area contributed by atoms with Gasteiger partial charge in [0.05, 0.1) is 0 Å². The van der Waals surface area contributed by atoms with Gasteiger partial charge in [0, 0.05) is 9.79 Å². The van der Waals surface area contributed by atoms with E-state index in [1.54, 1.807) is 11.8 Å². The molecule has 0 spiro atoms. The lowest BCUT2D eigenvalue weighted by Crippen LogP contribution is -1.75. The van der Waals surface area contributed by atoms with Crippen molar-refractivity contribution in [2.24, 2.45) is 0 Å². The molecule has 23 heavy (non-hydrogen) atoms. The second-order valence-electron chi connectivity index (χ2n) is 5.11. The maximum absolute atomic E-state index is 2.16. The van der Waals surface area contributed by atoms with Crippen LogP contribution in [0, 0.1) is 0 Å². The first-order valence-corrected chi connectivity index (χ1v) is 8.44. The molecule has 0 amide bonds. The molecule has 3 aromatic rings. The summed E-state index contributed by atoms with van der Waals surface area (Å²) < 4.78 is 0. The van der Waals surface area contributed by atoms with Crippen LogP contribution in [0.1, 0.15) is 11.1 Å². The van der Waals surface area contributed by atoms with Crippen molar-refractivity contribution in [2.75, 3.05) is 0 Å². The highest BCUT2D eigenvalue weighted by Gasteiger charge is 1.96. The molecule has 0 fully saturated rings. The van der Waals surface area contributed by atoms with Crippen LogP contribution in [0.2, 0.25) is 0 Å². The minimum atomic E-state index is 1.21. The van der Waals surface area contributed by atoms with Crippen molar-refractivity contribution >= 4 is 23.9 Å². The number of hydrogen-bond acceptors (Lipinski definition) is 1. The van der Waals surface area contributed by atoms with E-state index in [2.05, 4.69) is 85.0 Å². The molecule has 3 aromatic carbocycles. The van der Waals surface area contributed by atoms with Crippen LogP contribution >= 0.6 is 11.8 Å². The molecular weight excluding hydrogens is 296 g/mol. The van der Waals surface area contributed by atoms with Crippen molar-refractivity contribution in [3.8, 4) is 0 Å². The summed E-state index contributed by atoms with van der Waals surface area (Å²) in [6.07, 6.45) is 8.38. The lowest BCUT2D eigenvalue weighted by molar-refractivity contribution is 1.40. The first-order valence-electron chi connectivity index (χ1n) is 7.63. The summed E-state index contributed by atoms with van der Waals surface area (Å²) in [6, 6.07) is 29.4. The summed E-state index contributed by atoms with van der Waals surface area (Å²) in [6.45, 7) is 0. The van der Waals surface area contributed by atoms with Crippen molar-refractivity contribution in [3.05, 3.63) is 108 Å². The summed E-state index contributed by atoms with van der Waals surface area (Å²) in [4.78, 5) is 2.52. The smallest absolute Gasteiger partial charge is 0.0122 e. The van der Waals surface area contributed by atoms with Crippen molar-refractivity contribution in [3.63, 3.8) is 0 Å². The zero-order chi connectivity index (χ0) is 15.7. The minimum absolute atomic E-state index is 1.21.